The molecule has 2 aromatic heterocycles. The van der Waals surface area contributed by atoms with Gasteiger partial charge in [-0.1, -0.05) is 80.1 Å². The lowest BCUT2D eigenvalue weighted by Gasteiger charge is -2.17. The first kappa shape index (κ1) is 62.5. The molecule has 12 nitrogen and oxygen atoms in total. The molecule has 0 N–H and O–H groups in total. The summed E-state index contributed by atoms with van der Waals surface area (Å²) in [5.74, 6) is 4.49. The molecule has 0 amide bonds. The van der Waals surface area contributed by atoms with Gasteiger partial charge < -0.3 is 56.8 Å². The van der Waals surface area contributed by atoms with Crippen molar-refractivity contribution in [2.75, 3.05) is 119 Å². The van der Waals surface area contributed by atoms with Crippen LogP contribution in [0, 0.1) is 0 Å². The summed E-state index contributed by atoms with van der Waals surface area (Å²) >= 11 is 3.33. The number of hydrogen-bond donors (Lipinski definition) is 0. The van der Waals surface area contributed by atoms with E-state index in [-0.39, 0.29) is 0 Å². The monoisotopic (exact) mass is 1090 g/mol. The van der Waals surface area contributed by atoms with E-state index < -0.39 is 0 Å². The molecule has 0 spiro atoms. The Kier molecular flexibility index (Phi) is 32.1. The second-order valence-electron chi connectivity index (χ2n) is 18.4. The van der Waals surface area contributed by atoms with E-state index in [0.717, 1.165) is 180 Å². The van der Waals surface area contributed by atoms with E-state index >= 15 is 0 Å². The Morgan fingerprint density at radius 1 is 0.250 bits per heavy atom. The molecule has 5 rings (SSSR count). The van der Waals surface area contributed by atoms with Gasteiger partial charge in [-0.05, 0) is 111 Å². The topological polar surface area (TPSA) is 111 Å². The van der Waals surface area contributed by atoms with Crippen molar-refractivity contribution < 1.29 is 56.8 Å². The van der Waals surface area contributed by atoms with Crippen molar-refractivity contribution in [3.63, 3.8) is 0 Å². The summed E-state index contributed by atoms with van der Waals surface area (Å²) in [7, 11) is 0. The third-order valence-electron chi connectivity index (χ3n) is 12.0. The molecule has 2 heterocycles. The molecule has 0 saturated heterocycles. The molecule has 14 heteroatoms. The van der Waals surface area contributed by atoms with Gasteiger partial charge >= 0.3 is 0 Å². The van der Waals surface area contributed by atoms with Gasteiger partial charge in [-0.3, -0.25) is 0 Å². The highest BCUT2D eigenvalue weighted by molar-refractivity contribution is 7.19. The minimum Gasteiger partial charge on any atom is -0.491 e. The lowest BCUT2D eigenvalue weighted by molar-refractivity contribution is 0.0970. The van der Waals surface area contributed by atoms with Crippen molar-refractivity contribution in [1.82, 2.24) is 0 Å². The molecule has 0 radical (unpaired) electrons. The number of hydrogen-bond acceptors (Lipinski definition) is 14. The molecule has 0 saturated carbocycles. The van der Waals surface area contributed by atoms with Crippen LogP contribution in [-0.4, -0.2) is 119 Å². The van der Waals surface area contributed by atoms with Crippen LogP contribution in [0.4, 0.5) is 0 Å². The van der Waals surface area contributed by atoms with E-state index in [0.29, 0.717) is 92.5 Å². The van der Waals surface area contributed by atoms with Crippen molar-refractivity contribution in [3.05, 3.63) is 72.8 Å². The molecule has 3 aromatic carbocycles. The van der Waals surface area contributed by atoms with Gasteiger partial charge in [0.1, 0.15) is 74.1 Å². The quantitative estimate of drug-likeness (QED) is 0.0346. The van der Waals surface area contributed by atoms with Crippen molar-refractivity contribution in [2.24, 2.45) is 0 Å². The van der Waals surface area contributed by atoms with Crippen molar-refractivity contribution in [2.45, 2.75) is 119 Å². The van der Waals surface area contributed by atoms with Crippen molar-refractivity contribution >= 4 is 22.7 Å². The van der Waals surface area contributed by atoms with E-state index in [1.807, 2.05) is 24.3 Å². The predicted octanol–water partition coefficient (Wildman–Crippen LogP) is 15.7. The zero-order chi connectivity index (χ0) is 53.7. The van der Waals surface area contributed by atoms with Crippen LogP contribution < -0.4 is 28.4 Å². The molecular weight excluding hydrogens is 1000 g/mol. The second kappa shape index (κ2) is 39.1. The molecule has 5 aromatic rings. The summed E-state index contributed by atoms with van der Waals surface area (Å²) in [4.78, 5) is 4.07. The molecule has 0 atom stereocenters. The number of thiophene rings is 2. The average molecular weight is 1090 g/mol. The van der Waals surface area contributed by atoms with Crippen molar-refractivity contribution in [3.8, 4) is 76.3 Å². The molecule has 422 valence electrons. The maximum Gasteiger partial charge on any atom is 0.128 e. The van der Waals surface area contributed by atoms with E-state index in [1.165, 1.54) is 0 Å². The summed E-state index contributed by atoms with van der Waals surface area (Å²) in [5, 5.41) is 0. The molecule has 0 aliphatic heterocycles. The first-order chi connectivity index (χ1) is 37.5. The van der Waals surface area contributed by atoms with E-state index in [2.05, 4.69) is 90.1 Å². The minimum atomic E-state index is 0.384. The van der Waals surface area contributed by atoms with Crippen LogP contribution in [0.25, 0.3) is 41.8 Å². The highest BCUT2D eigenvalue weighted by atomic mass is 32.1. The van der Waals surface area contributed by atoms with Gasteiger partial charge in [-0.15, -0.1) is 22.7 Å². The van der Waals surface area contributed by atoms with Crippen LogP contribution >= 0.6 is 22.7 Å². The van der Waals surface area contributed by atoms with Gasteiger partial charge in [0.15, 0.2) is 0 Å². The van der Waals surface area contributed by atoms with Crippen molar-refractivity contribution in [1.29, 1.82) is 0 Å². The van der Waals surface area contributed by atoms with Crippen LogP contribution in [0.3, 0.4) is 0 Å². The second-order valence-corrected chi connectivity index (χ2v) is 20.5. The van der Waals surface area contributed by atoms with Crippen LogP contribution in [0.5, 0.6) is 34.5 Å². The molecule has 76 heavy (non-hydrogen) atoms. The number of rotatable bonds is 46. The number of ether oxygens (including phenoxy) is 12. The molecule has 0 unspecified atom stereocenters. The van der Waals surface area contributed by atoms with Crippen LogP contribution in [-0.2, 0) is 28.4 Å². The van der Waals surface area contributed by atoms with Gasteiger partial charge in [-0.2, -0.15) is 0 Å². The molecule has 0 aliphatic carbocycles. The Morgan fingerprint density at radius 3 is 0.776 bits per heavy atom. The maximum atomic E-state index is 6.74. The number of benzene rings is 3. The van der Waals surface area contributed by atoms with Gasteiger partial charge in [0.25, 0.3) is 0 Å². The standard InChI is InChI=1S/C62H90O12S2/c1-7-13-27-63-33-39-69-49-19-21-55(71-41-35-65-29-15-9-3)51(45-49)59-23-25-61(75-59)53-47-58(74-44-38-68-32-18-12-6)54(48-57(53)73-43-37-67-31-17-11-5)62-26-24-60(76-62)52-46-50(70-40-34-64-28-14-8-2)20-22-56(52)72-42-36-66-30-16-10-4/h19-26,45-48H,7-18,27-44H2,1-6H3. The maximum absolute atomic E-state index is 6.74. The smallest absolute Gasteiger partial charge is 0.128 e. The molecule has 0 aliphatic rings. The van der Waals surface area contributed by atoms with Gasteiger partial charge in [-0.25, -0.2) is 0 Å². The van der Waals surface area contributed by atoms with Crippen LogP contribution in [0.15, 0.2) is 72.8 Å². The highest BCUT2D eigenvalue weighted by Gasteiger charge is 2.21. The number of unbranched alkanes of at least 4 members (excludes halogenated alkanes) is 6. The summed E-state index contributed by atoms with van der Waals surface area (Å²) in [6, 6.07) is 24.9. The largest absolute Gasteiger partial charge is 0.491 e. The van der Waals surface area contributed by atoms with Gasteiger partial charge in [0.05, 0.1) is 39.6 Å². The molecular formula is C62H90O12S2. The lowest BCUT2D eigenvalue weighted by Crippen LogP contribution is -2.10. The van der Waals surface area contributed by atoms with Gasteiger partial charge in [0.2, 0.25) is 0 Å². The zero-order valence-corrected chi connectivity index (χ0v) is 48.5. The fourth-order valence-corrected chi connectivity index (χ4v) is 9.74. The Hall–Kier alpha value is -4.38. The summed E-state index contributed by atoms with van der Waals surface area (Å²) < 4.78 is 74.1. The Bertz CT molecular complexity index is 2120. The normalized spacial score (nSPS) is 11.3. The van der Waals surface area contributed by atoms with Crippen LogP contribution in [0.1, 0.15) is 119 Å². The summed E-state index contributed by atoms with van der Waals surface area (Å²) in [6.07, 6.45) is 12.6. The van der Waals surface area contributed by atoms with E-state index in [1.54, 1.807) is 22.7 Å². The van der Waals surface area contributed by atoms with Crippen LogP contribution in [0.2, 0.25) is 0 Å². The minimum absolute atomic E-state index is 0.384. The summed E-state index contributed by atoms with van der Waals surface area (Å²) in [5.41, 5.74) is 3.70. The first-order valence-corrected chi connectivity index (χ1v) is 30.1. The van der Waals surface area contributed by atoms with E-state index in [4.69, 9.17) is 56.8 Å². The Labute approximate surface area is 463 Å². The summed E-state index contributed by atoms with van der Waals surface area (Å²) in [6.45, 7) is 22.8. The molecule has 0 bridgehead atoms. The zero-order valence-electron chi connectivity index (χ0n) is 46.9. The fraction of sp³-hybridized carbons (Fsp3) is 0.581. The van der Waals surface area contributed by atoms with E-state index in [9.17, 15) is 0 Å². The fourth-order valence-electron chi connectivity index (χ4n) is 7.64. The predicted molar refractivity (Wildman–Crippen MR) is 311 cm³/mol. The Balaban J connectivity index is 1.53. The first-order valence-electron chi connectivity index (χ1n) is 28.4. The average Bonchev–Trinajstić information content (AvgIpc) is 4.18. The third kappa shape index (κ3) is 22.9. The highest BCUT2D eigenvalue weighted by Crippen LogP contribution is 2.49. The Morgan fingerprint density at radius 2 is 0.500 bits per heavy atom. The molecule has 0 fully saturated rings. The van der Waals surface area contributed by atoms with Gasteiger partial charge in [0, 0.05) is 81.4 Å². The lowest BCUT2D eigenvalue weighted by atomic mass is 10.1. The SMILES string of the molecule is CCCCOCCOc1ccc(OCCOCCCC)c(-c2ccc(-c3cc(OCCOCCCC)c(-c4ccc(-c5cc(OCCOCCCC)ccc5OCCOCCCC)s4)cc3OCCOCCCC)s2)c1. The third-order valence-corrected chi connectivity index (χ3v) is 14.3.